The molecule has 0 unspecified atom stereocenters. The lowest BCUT2D eigenvalue weighted by atomic mass is 10.1. The van der Waals surface area contributed by atoms with E-state index in [9.17, 15) is 4.79 Å². The van der Waals surface area contributed by atoms with Gasteiger partial charge in [0, 0.05) is 16.1 Å². The Morgan fingerprint density at radius 3 is 2.52 bits per heavy atom. The maximum Gasteiger partial charge on any atom is 0.251 e. The minimum atomic E-state index is -0.0223. The van der Waals surface area contributed by atoms with Crippen LogP contribution in [0.3, 0.4) is 0 Å². The predicted molar refractivity (Wildman–Crippen MR) is 94.0 cm³/mol. The second-order valence-corrected chi connectivity index (χ2v) is 6.50. The number of piperidine rings is 1. The van der Waals surface area contributed by atoms with Crippen molar-refractivity contribution < 1.29 is 9.53 Å². The molecule has 1 fully saturated rings. The van der Waals surface area contributed by atoms with Crippen LogP contribution in [0.25, 0.3) is 0 Å². The van der Waals surface area contributed by atoms with Gasteiger partial charge in [-0.1, -0.05) is 22.0 Å². The van der Waals surface area contributed by atoms with E-state index in [-0.39, 0.29) is 11.9 Å². The smallest absolute Gasteiger partial charge is 0.251 e. The highest BCUT2D eigenvalue weighted by Gasteiger charge is 2.16. The lowest BCUT2D eigenvalue weighted by Gasteiger charge is -2.23. The third-order valence-corrected chi connectivity index (χ3v) is 4.32. The van der Waals surface area contributed by atoms with Crippen molar-refractivity contribution in [2.45, 2.75) is 18.9 Å². The Morgan fingerprint density at radius 1 is 1.09 bits per heavy atom. The van der Waals surface area contributed by atoms with E-state index in [1.54, 1.807) is 12.1 Å². The first-order valence-corrected chi connectivity index (χ1v) is 8.55. The first kappa shape index (κ1) is 16.0. The molecule has 4 nitrogen and oxygen atoms in total. The van der Waals surface area contributed by atoms with E-state index in [4.69, 9.17) is 4.74 Å². The summed E-state index contributed by atoms with van der Waals surface area (Å²) in [5.74, 6) is 1.44. The van der Waals surface area contributed by atoms with Gasteiger partial charge in [-0.2, -0.15) is 0 Å². The number of hydrogen-bond donors (Lipinski definition) is 2. The highest BCUT2D eigenvalue weighted by atomic mass is 79.9. The fourth-order valence-electron chi connectivity index (χ4n) is 2.58. The summed E-state index contributed by atoms with van der Waals surface area (Å²) in [6, 6.07) is 15.1. The average Bonchev–Trinajstić information content (AvgIpc) is 2.56. The Bertz CT molecular complexity index is 667. The van der Waals surface area contributed by atoms with Crippen LogP contribution in [0.2, 0.25) is 0 Å². The van der Waals surface area contributed by atoms with E-state index in [1.807, 2.05) is 36.4 Å². The molecule has 1 saturated heterocycles. The van der Waals surface area contributed by atoms with Gasteiger partial charge in [0.05, 0.1) is 0 Å². The van der Waals surface area contributed by atoms with Crippen LogP contribution in [0.5, 0.6) is 11.5 Å². The van der Waals surface area contributed by atoms with Crippen LogP contribution in [0, 0.1) is 0 Å². The standard InChI is InChI=1S/C18H19BrN2O2/c19-14-2-1-3-17(12-14)23-16-6-4-13(5-7-16)18(22)21-15-8-10-20-11-9-15/h1-7,12,15,20H,8-11H2,(H,21,22). The average molecular weight is 375 g/mol. The SMILES string of the molecule is O=C(NC1CCNCC1)c1ccc(Oc2cccc(Br)c2)cc1. The van der Waals surface area contributed by atoms with Gasteiger partial charge in [-0.3, -0.25) is 4.79 Å². The molecule has 120 valence electrons. The third-order valence-electron chi connectivity index (χ3n) is 3.82. The zero-order chi connectivity index (χ0) is 16.1. The van der Waals surface area contributed by atoms with Crippen molar-refractivity contribution in [2.24, 2.45) is 0 Å². The van der Waals surface area contributed by atoms with Crippen molar-refractivity contribution in [1.29, 1.82) is 0 Å². The maximum absolute atomic E-state index is 12.2. The molecule has 1 aliphatic heterocycles. The molecule has 1 heterocycles. The number of carbonyl (C=O) groups is 1. The number of ether oxygens (including phenoxy) is 1. The molecule has 1 aliphatic rings. The maximum atomic E-state index is 12.2. The van der Waals surface area contributed by atoms with E-state index in [0.717, 1.165) is 36.2 Å². The summed E-state index contributed by atoms with van der Waals surface area (Å²) in [7, 11) is 0. The van der Waals surface area contributed by atoms with Gasteiger partial charge in [0.2, 0.25) is 0 Å². The van der Waals surface area contributed by atoms with Gasteiger partial charge in [-0.25, -0.2) is 0 Å². The fourth-order valence-corrected chi connectivity index (χ4v) is 2.95. The molecule has 0 radical (unpaired) electrons. The number of halogens is 1. The molecular formula is C18H19BrN2O2. The van der Waals surface area contributed by atoms with E-state index in [0.29, 0.717) is 11.3 Å². The molecule has 0 saturated carbocycles. The second-order valence-electron chi connectivity index (χ2n) is 5.58. The molecule has 3 rings (SSSR count). The summed E-state index contributed by atoms with van der Waals surface area (Å²) < 4.78 is 6.74. The van der Waals surface area contributed by atoms with Crippen molar-refractivity contribution in [3.05, 3.63) is 58.6 Å². The molecule has 0 bridgehead atoms. The van der Waals surface area contributed by atoms with Gasteiger partial charge < -0.3 is 15.4 Å². The van der Waals surface area contributed by atoms with E-state index in [2.05, 4.69) is 26.6 Å². The van der Waals surface area contributed by atoms with Crippen LogP contribution in [-0.4, -0.2) is 25.0 Å². The highest BCUT2D eigenvalue weighted by molar-refractivity contribution is 9.10. The zero-order valence-corrected chi connectivity index (χ0v) is 14.3. The van der Waals surface area contributed by atoms with Crippen molar-refractivity contribution in [2.75, 3.05) is 13.1 Å². The molecule has 23 heavy (non-hydrogen) atoms. The van der Waals surface area contributed by atoms with Crippen LogP contribution in [0.1, 0.15) is 23.2 Å². The van der Waals surface area contributed by atoms with Gasteiger partial charge in [0.25, 0.3) is 5.91 Å². The largest absolute Gasteiger partial charge is 0.457 e. The van der Waals surface area contributed by atoms with E-state index in [1.165, 1.54) is 0 Å². The van der Waals surface area contributed by atoms with Crippen LogP contribution in [0.15, 0.2) is 53.0 Å². The molecule has 2 N–H and O–H groups in total. The quantitative estimate of drug-likeness (QED) is 0.857. The molecule has 0 atom stereocenters. The molecule has 0 spiro atoms. The number of amides is 1. The summed E-state index contributed by atoms with van der Waals surface area (Å²) >= 11 is 3.42. The number of rotatable bonds is 4. The minimum absolute atomic E-state index is 0.0223. The number of hydrogen-bond acceptors (Lipinski definition) is 3. The number of carbonyl (C=O) groups excluding carboxylic acids is 1. The van der Waals surface area contributed by atoms with Gasteiger partial charge in [0.15, 0.2) is 0 Å². The Morgan fingerprint density at radius 2 is 1.83 bits per heavy atom. The predicted octanol–water partition coefficient (Wildman–Crippen LogP) is 3.72. The van der Waals surface area contributed by atoms with Crippen LogP contribution < -0.4 is 15.4 Å². The van der Waals surface area contributed by atoms with Gasteiger partial charge in [0.1, 0.15) is 11.5 Å². The Kier molecular flexibility index (Phi) is 5.31. The Balaban J connectivity index is 1.61. The molecule has 1 amide bonds. The van der Waals surface area contributed by atoms with Crippen LogP contribution >= 0.6 is 15.9 Å². The summed E-state index contributed by atoms with van der Waals surface area (Å²) in [6.45, 7) is 1.93. The first-order valence-electron chi connectivity index (χ1n) is 7.76. The van der Waals surface area contributed by atoms with Crippen LogP contribution in [-0.2, 0) is 0 Å². The van der Waals surface area contributed by atoms with Crippen molar-refractivity contribution in [3.8, 4) is 11.5 Å². The molecular weight excluding hydrogens is 356 g/mol. The molecule has 0 aromatic heterocycles. The van der Waals surface area contributed by atoms with E-state index >= 15 is 0 Å². The van der Waals surface area contributed by atoms with Gasteiger partial charge in [-0.05, 0) is 68.4 Å². The van der Waals surface area contributed by atoms with Gasteiger partial charge in [-0.15, -0.1) is 0 Å². The van der Waals surface area contributed by atoms with Crippen molar-refractivity contribution in [1.82, 2.24) is 10.6 Å². The highest BCUT2D eigenvalue weighted by Crippen LogP contribution is 2.24. The topological polar surface area (TPSA) is 50.4 Å². The zero-order valence-electron chi connectivity index (χ0n) is 12.7. The first-order chi connectivity index (χ1) is 11.2. The van der Waals surface area contributed by atoms with Gasteiger partial charge >= 0.3 is 0 Å². The summed E-state index contributed by atoms with van der Waals surface area (Å²) in [5, 5.41) is 6.38. The lowest BCUT2D eigenvalue weighted by molar-refractivity contribution is 0.0929. The molecule has 0 aliphatic carbocycles. The van der Waals surface area contributed by atoms with E-state index < -0.39 is 0 Å². The fraction of sp³-hybridized carbons (Fsp3) is 0.278. The summed E-state index contributed by atoms with van der Waals surface area (Å²) in [5.41, 5.74) is 0.658. The van der Waals surface area contributed by atoms with Crippen LogP contribution in [0.4, 0.5) is 0 Å². The molecule has 2 aromatic carbocycles. The monoisotopic (exact) mass is 374 g/mol. The minimum Gasteiger partial charge on any atom is -0.457 e. The third kappa shape index (κ3) is 4.56. The number of nitrogens with one attached hydrogen (secondary N) is 2. The number of benzene rings is 2. The van der Waals surface area contributed by atoms with Crippen molar-refractivity contribution >= 4 is 21.8 Å². The normalized spacial score (nSPS) is 15.2. The second kappa shape index (κ2) is 7.62. The van der Waals surface area contributed by atoms with Crippen molar-refractivity contribution in [3.63, 3.8) is 0 Å². The molecule has 2 aromatic rings. The Hall–Kier alpha value is -1.85. The summed E-state index contributed by atoms with van der Waals surface area (Å²) in [6.07, 6.45) is 1.96. The lowest BCUT2D eigenvalue weighted by Crippen LogP contribution is -2.42. The Labute approximate surface area is 144 Å². The molecule has 5 heteroatoms. The summed E-state index contributed by atoms with van der Waals surface area (Å²) in [4.78, 5) is 12.2.